The van der Waals surface area contributed by atoms with Gasteiger partial charge < -0.3 is 106 Å². The summed E-state index contributed by atoms with van der Waals surface area (Å²) in [6.45, 7) is 11.5. The van der Waals surface area contributed by atoms with E-state index in [4.69, 9.17) is 63.1 Å². The monoisotopic (exact) mass is 1700 g/mol. The van der Waals surface area contributed by atoms with Gasteiger partial charge in [-0.2, -0.15) is 0 Å². The second-order valence-corrected chi connectivity index (χ2v) is 35.4. The number of quaternary nitrogens is 1. The molecule has 0 spiro atoms. The molecule has 0 saturated carbocycles. The first kappa shape index (κ1) is 93.2. The van der Waals surface area contributed by atoms with Gasteiger partial charge in [-0.05, 0) is 147 Å². The van der Waals surface area contributed by atoms with E-state index in [2.05, 4.69) is 37.0 Å². The van der Waals surface area contributed by atoms with Crippen LogP contribution in [0.15, 0.2) is 78.9 Å². The van der Waals surface area contributed by atoms with E-state index in [1.54, 1.807) is 20.8 Å². The van der Waals surface area contributed by atoms with Crippen molar-refractivity contribution in [3.8, 4) is 57.1 Å². The SMILES string of the molecule is CCCCCCCCCCCCCC[N+](C)(C)CCCCC(=O)C1NC(=O)C2CC(=O)C(CCC3NC(=O)C(CC(N)=O)CC(=O)C(NC(=O)C(C)CC(C)C)[C@@H](O)c4ccc(c(Cl)c4)Oc4cc3cc(c4OC3OC(CO)C(O)C(O)C3OC3CC(C)(N)C(O)C(C)O3)Oc3ccc(cc3Cl)C2O)c2ccc(O)c(c2)-c2c(O)cc(O)cc21. The number of carbonyl (C=O) groups excluding carboxylic acids is 7. The third-order valence-electron chi connectivity index (χ3n) is 23.8. The number of amides is 4. The molecule has 2 fully saturated rings. The van der Waals surface area contributed by atoms with Crippen LogP contribution in [0.4, 0.5) is 0 Å². The van der Waals surface area contributed by atoms with Crippen molar-refractivity contribution in [2.24, 2.45) is 35.1 Å². The predicted octanol–water partition coefficient (Wildman–Crippen LogP) is 11.5. The molecule has 7 aliphatic heterocycles. The fourth-order valence-electron chi connectivity index (χ4n) is 17.0. The number of aliphatic hydroxyl groups excluding tert-OH is 6. The Bertz CT molecular complexity index is 4390. The molecule has 30 heteroatoms. The van der Waals surface area contributed by atoms with Gasteiger partial charge in [0.05, 0.1) is 80.0 Å². The van der Waals surface area contributed by atoms with Crippen LogP contribution < -0.4 is 41.6 Å². The highest BCUT2D eigenvalue weighted by atomic mass is 35.5. The van der Waals surface area contributed by atoms with Crippen molar-refractivity contribution in [2.75, 3.05) is 33.8 Å². The molecule has 119 heavy (non-hydrogen) atoms. The number of phenols is 3. The summed E-state index contributed by atoms with van der Waals surface area (Å²) >= 11 is 14.5. The van der Waals surface area contributed by atoms with Gasteiger partial charge in [-0.1, -0.05) is 133 Å². The number of aromatic hydroxyl groups is 3. The molecular weight excluding hydrogens is 1580 g/mol. The number of Topliss-reactive ketones (excluding diaryl/α,β-unsaturated/α-hetero) is 3. The van der Waals surface area contributed by atoms with E-state index in [-0.39, 0.29) is 104 Å². The number of hydrogen-bond donors (Lipinski definition) is 14. The molecular formula is C89H121Cl2N6O22+. The quantitative estimate of drug-likeness (QED) is 0.0150. The number of hydrogen-bond acceptors (Lipinski definition) is 23. The molecule has 5 aromatic rings. The van der Waals surface area contributed by atoms with Gasteiger partial charge in [0.25, 0.3) is 0 Å². The molecule has 17 unspecified atom stereocenters. The lowest BCUT2D eigenvalue weighted by molar-refractivity contribution is -0.890. The number of unbranched alkanes of at least 4 members (excludes halogenated alkanes) is 12. The predicted molar refractivity (Wildman–Crippen MR) is 443 cm³/mol. The molecule has 7 heterocycles. The van der Waals surface area contributed by atoms with Crippen LogP contribution in [0.25, 0.3) is 11.1 Å². The lowest BCUT2D eigenvalue weighted by atomic mass is 9.79. The number of primary amides is 1. The molecule has 0 radical (unpaired) electrons. The molecule has 5 aromatic carbocycles. The van der Waals surface area contributed by atoms with Crippen molar-refractivity contribution < 1.29 is 112 Å². The third kappa shape index (κ3) is 23.8. The van der Waals surface area contributed by atoms with Crippen LogP contribution >= 0.6 is 23.2 Å². The van der Waals surface area contributed by atoms with Crippen molar-refractivity contribution >= 4 is 64.2 Å². The highest BCUT2D eigenvalue weighted by Gasteiger charge is 2.52. The fraction of sp³-hybridized carbons (Fsp3) is 0.584. The number of nitrogens with one attached hydrogen (secondary N) is 3. The first-order valence-corrected chi connectivity index (χ1v) is 42.8. The topological polar surface area (TPSA) is 445 Å². The molecule has 2 saturated heterocycles. The molecule has 0 aromatic heterocycles. The molecule has 4 amide bonds. The van der Waals surface area contributed by atoms with Crippen LogP contribution in [0, 0.1) is 23.7 Å². The van der Waals surface area contributed by atoms with Crippen molar-refractivity contribution in [3.05, 3.63) is 117 Å². The zero-order valence-electron chi connectivity index (χ0n) is 69.3. The number of carbonyl (C=O) groups is 7. The largest absolute Gasteiger partial charge is 0.508 e. The molecule has 28 nitrogen and oxygen atoms in total. The summed E-state index contributed by atoms with van der Waals surface area (Å²) in [4.78, 5) is 105. The minimum absolute atomic E-state index is 0.0179. The average molecular weight is 1700 g/mol. The second-order valence-electron chi connectivity index (χ2n) is 34.5. The Hall–Kier alpha value is -8.07. The number of nitrogens with zero attached hydrogens (tertiary/aromatic N) is 1. The maximum Gasteiger partial charge on any atom is 0.230 e. The maximum absolute atomic E-state index is 16.0. The van der Waals surface area contributed by atoms with Crippen molar-refractivity contribution in [1.29, 1.82) is 0 Å². The van der Waals surface area contributed by atoms with Crippen LogP contribution in [0.2, 0.25) is 10.0 Å². The van der Waals surface area contributed by atoms with E-state index < -0.39 is 199 Å². The Morgan fingerprint density at radius 3 is 1.87 bits per heavy atom. The number of rotatable bonds is 30. The number of aliphatic hydroxyl groups is 6. The molecule has 16 N–H and O–H groups in total. The fourth-order valence-corrected chi connectivity index (χ4v) is 17.5. The minimum atomic E-state index is -1.95. The molecule has 652 valence electrons. The first-order chi connectivity index (χ1) is 56.5. The summed E-state index contributed by atoms with van der Waals surface area (Å²) in [5, 5.41) is 114. The van der Waals surface area contributed by atoms with E-state index in [0.717, 1.165) is 38.4 Å². The van der Waals surface area contributed by atoms with E-state index >= 15 is 24.0 Å². The van der Waals surface area contributed by atoms with Gasteiger partial charge in [0.2, 0.25) is 35.7 Å². The van der Waals surface area contributed by atoms with Gasteiger partial charge in [-0.15, -0.1) is 0 Å². The zero-order chi connectivity index (χ0) is 86.5. The van der Waals surface area contributed by atoms with Gasteiger partial charge in [-0.25, -0.2) is 0 Å². The van der Waals surface area contributed by atoms with Gasteiger partial charge in [-0.3, -0.25) is 33.6 Å². The van der Waals surface area contributed by atoms with E-state index in [1.807, 2.05) is 13.8 Å². The van der Waals surface area contributed by atoms with Crippen LogP contribution in [0.3, 0.4) is 0 Å². The number of nitrogens with two attached hydrogens (primary N) is 2. The van der Waals surface area contributed by atoms with Crippen LogP contribution in [0.1, 0.15) is 241 Å². The summed E-state index contributed by atoms with van der Waals surface area (Å²) < 4.78 is 40.0. The lowest BCUT2D eigenvalue weighted by Crippen LogP contribution is -2.64. The zero-order valence-corrected chi connectivity index (χ0v) is 70.8. The Morgan fingerprint density at radius 1 is 0.681 bits per heavy atom. The second kappa shape index (κ2) is 41.7. The van der Waals surface area contributed by atoms with Crippen molar-refractivity contribution in [2.45, 2.75) is 274 Å². The summed E-state index contributed by atoms with van der Waals surface area (Å²) in [5.41, 5.74) is 10.8. The highest BCUT2D eigenvalue weighted by molar-refractivity contribution is 6.32. The molecule has 7 aliphatic rings. The van der Waals surface area contributed by atoms with Gasteiger partial charge >= 0.3 is 0 Å². The molecule has 18 atom stereocenters. The highest BCUT2D eigenvalue weighted by Crippen LogP contribution is 2.51. The van der Waals surface area contributed by atoms with E-state index in [9.17, 15) is 55.5 Å². The lowest BCUT2D eigenvalue weighted by Gasteiger charge is -2.47. The number of fused-ring (bicyclic) bond motifs is 15. The number of ether oxygens (including phenoxy) is 6. The van der Waals surface area contributed by atoms with Gasteiger partial charge in [0.15, 0.2) is 35.5 Å². The minimum Gasteiger partial charge on any atom is -0.508 e. The molecule has 12 rings (SSSR count). The Kier molecular flexibility index (Phi) is 32.6. The average Bonchev–Trinajstić information content (AvgIpc) is 0.767. The Morgan fingerprint density at radius 2 is 1.28 bits per heavy atom. The maximum atomic E-state index is 16.0. The van der Waals surface area contributed by atoms with Gasteiger partial charge in [0.1, 0.15) is 71.0 Å². The van der Waals surface area contributed by atoms with Crippen LogP contribution in [0.5, 0.6) is 46.0 Å². The standard InChI is InChI=1S/C89H120Cl2N6O22/c1-9-10-11-12-13-14-15-16-17-18-19-21-32-97(7,8)33-22-20-23-64(101)76-58-42-55(99)43-66(103)75(58)57-35-50(24-29-63(57)100)56-27-28-62-53-39-70(115-68-30-25-51(36-60(68)90)78(106)59(44-65(56)102)87(113)95-76)82(119-88-83(81(109)80(108)72(46-98)117-88)118-74-45-89(6,93)84(110)49(5)114-74)71(40-53)116-69-31-26-52(37-61(69)91)79(107)77(96-85(111)48(4)34-47(2)3)67(104)38-54(41-73(92)105)86(112)94-62/h24-26,29-31,35-37,39-40,42-43,47-49,54,56,59,62,72,74,76-81,83-84,88,98,106-110H,9-23,27-28,32-34,38,41,44-46,93H2,1-8H3,(H7-,92,94,95,96,99,100,103,105,111,112,113)/p+1/t48?,49?,54?,56?,59?,62?,72?,74?,76?,77?,78?,79-,80?,81?,83?,84?,88?,89?/m0/s1. The Labute approximate surface area is 705 Å². The summed E-state index contributed by atoms with van der Waals surface area (Å²) in [6.07, 6.45) is -3.74. The van der Waals surface area contributed by atoms with Crippen LogP contribution in [-0.2, 0) is 47.8 Å². The number of benzene rings is 5. The number of ketones is 3. The van der Waals surface area contributed by atoms with Crippen LogP contribution in [-0.4, -0.2) is 186 Å². The molecule has 11 bridgehead atoms. The first-order valence-electron chi connectivity index (χ1n) is 42.0. The van der Waals surface area contributed by atoms with Crippen molar-refractivity contribution in [3.63, 3.8) is 0 Å². The van der Waals surface area contributed by atoms with Gasteiger partial charge in [0, 0.05) is 66.7 Å². The summed E-state index contributed by atoms with van der Waals surface area (Å²) in [6, 6.07) is 11.9. The third-order valence-corrected chi connectivity index (χ3v) is 24.4. The van der Waals surface area contributed by atoms with E-state index in [0.29, 0.717) is 23.7 Å². The number of halogens is 2. The van der Waals surface area contributed by atoms with E-state index in [1.165, 1.54) is 131 Å². The summed E-state index contributed by atoms with van der Waals surface area (Å²) in [5.74, 6) is -14.7. The Balaban J connectivity index is 1.10. The normalized spacial score (nSPS) is 27.1. The molecule has 0 aliphatic carbocycles. The number of phenolic OH excluding ortho intramolecular Hbond substituents is 3. The van der Waals surface area contributed by atoms with Crippen molar-refractivity contribution in [1.82, 2.24) is 16.0 Å². The summed E-state index contributed by atoms with van der Waals surface area (Å²) in [7, 11) is 4.29. The smallest absolute Gasteiger partial charge is 0.230 e.